The van der Waals surface area contributed by atoms with Crippen LogP contribution in [0.25, 0.3) is 5.78 Å². The molecule has 0 saturated heterocycles. The Kier molecular flexibility index (Phi) is 5.23. The van der Waals surface area contributed by atoms with Gasteiger partial charge in [-0.25, -0.2) is 4.98 Å². The fraction of sp³-hybridized carbons (Fsp3) is 0.353. The minimum atomic E-state index is -0.363. The molecule has 0 saturated carbocycles. The van der Waals surface area contributed by atoms with Crippen LogP contribution in [0.4, 0.5) is 5.95 Å². The molecular weight excluding hydrogens is 342 g/mol. The second kappa shape index (κ2) is 7.57. The smallest absolute Gasteiger partial charge is 0.293 e. The maximum absolute atomic E-state index is 12.1. The molecule has 3 aromatic rings. The fourth-order valence-corrected chi connectivity index (χ4v) is 2.43. The Balaban J connectivity index is 1.66. The molecular formula is C17H20ClN5O2. The Bertz CT molecular complexity index is 917. The fourth-order valence-electron chi connectivity index (χ4n) is 2.30. The van der Waals surface area contributed by atoms with Gasteiger partial charge in [0.25, 0.3) is 11.3 Å². The van der Waals surface area contributed by atoms with Gasteiger partial charge in [-0.3, -0.25) is 9.89 Å². The number of anilines is 1. The van der Waals surface area contributed by atoms with E-state index in [0.717, 1.165) is 30.8 Å². The Morgan fingerprint density at radius 1 is 1.28 bits per heavy atom. The molecule has 132 valence electrons. The van der Waals surface area contributed by atoms with Crippen LogP contribution >= 0.6 is 11.6 Å². The van der Waals surface area contributed by atoms with Crippen LogP contribution in [0.1, 0.15) is 31.0 Å². The zero-order valence-corrected chi connectivity index (χ0v) is 14.9. The van der Waals surface area contributed by atoms with E-state index in [4.69, 9.17) is 16.3 Å². The molecule has 1 aromatic carbocycles. The quantitative estimate of drug-likeness (QED) is 0.631. The Morgan fingerprint density at radius 3 is 2.76 bits per heavy atom. The van der Waals surface area contributed by atoms with Crippen molar-refractivity contribution < 1.29 is 4.74 Å². The van der Waals surface area contributed by atoms with E-state index in [1.54, 1.807) is 6.92 Å². The molecule has 0 fully saturated rings. The van der Waals surface area contributed by atoms with E-state index in [-0.39, 0.29) is 16.4 Å². The number of unbranched alkanes of at least 4 members (excludes halogenated alkanes) is 1. The Morgan fingerprint density at radius 2 is 2.04 bits per heavy atom. The maximum atomic E-state index is 12.1. The van der Waals surface area contributed by atoms with Gasteiger partial charge >= 0.3 is 0 Å². The number of H-pyrrole nitrogens is 1. The van der Waals surface area contributed by atoms with E-state index in [9.17, 15) is 4.79 Å². The van der Waals surface area contributed by atoms with Crippen molar-refractivity contribution in [1.82, 2.24) is 19.6 Å². The van der Waals surface area contributed by atoms with E-state index in [1.807, 2.05) is 24.3 Å². The highest BCUT2D eigenvalue weighted by molar-refractivity contribution is 6.31. The van der Waals surface area contributed by atoms with Crippen LogP contribution in [-0.2, 0) is 6.54 Å². The third-order valence-corrected chi connectivity index (χ3v) is 4.19. The largest absolute Gasteiger partial charge is 0.494 e. The zero-order chi connectivity index (χ0) is 17.8. The van der Waals surface area contributed by atoms with Gasteiger partial charge in [0.1, 0.15) is 10.8 Å². The summed E-state index contributed by atoms with van der Waals surface area (Å²) in [5, 5.41) is 6.09. The molecule has 0 radical (unpaired) electrons. The number of hydrogen-bond acceptors (Lipinski definition) is 5. The van der Waals surface area contributed by atoms with Crippen LogP contribution in [0, 0.1) is 6.92 Å². The van der Waals surface area contributed by atoms with E-state index in [2.05, 4.69) is 27.3 Å². The van der Waals surface area contributed by atoms with Crippen molar-refractivity contribution >= 4 is 23.3 Å². The molecule has 7 nitrogen and oxygen atoms in total. The molecule has 0 aliphatic carbocycles. The Hall–Kier alpha value is -2.54. The third kappa shape index (κ3) is 3.93. The number of ether oxygens (including phenoxy) is 1. The van der Waals surface area contributed by atoms with Gasteiger partial charge in [-0.05, 0) is 31.0 Å². The molecule has 0 bridgehead atoms. The van der Waals surface area contributed by atoms with Gasteiger partial charge < -0.3 is 10.1 Å². The van der Waals surface area contributed by atoms with Gasteiger partial charge in [0.2, 0.25) is 5.95 Å². The molecule has 3 rings (SSSR count). The summed E-state index contributed by atoms with van der Waals surface area (Å²) in [4.78, 5) is 20.5. The van der Waals surface area contributed by atoms with Crippen molar-refractivity contribution in [3.8, 4) is 5.75 Å². The molecule has 0 aliphatic rings. The first kappa shape index (κ1) is 17.3. The second-order valence-corrected chi connectivity index (χ2v) is 6.10. The number of fused-ring (bicyclic) bond motifs is 1. The van der Waals surface area contributed by atoms with Crippen molar-refractivity contribution in [2.75, 3.05) is 11.9 Å². The van der Waals surface area contributed by atoms with E-state index < -0.39 is 0 Å². The first-order chi connectivity index (χ1) is 12.1. The summed E-state index contributed by atoms with van der Waals surface area (Å²) < 4.78 is 6.87. The average molecular weight is 362 g/mol. The molecule has 2 N–H and O–H groups in total. The normalized spacial score (nSPS) is 11.0. The van der Waals surface area contributed by atoms with Crippen molar-refractivity contribution in [3.05, 3.63) is 50.9 Å². The number of halogens is 1. The maximum Gasteiger partial charge on any atom is 0.293 e. The number of benzene rings is 1. The lowest BCUT2D eigenvalue weighted by atomic mass is 10.2. The highest BCUT2D eigenvalue weighted by atomic mass is 35.5. The summed E-state index contributed by atoms with van der Waals surface area (Å²) in [5.41, 5.74) is 1.17. The van der Waals surface area contributed by atoms with E-state index in [0.29, 0.717) is 18.2 Å². The van der Waals surface area contributed by atoms with Crippen molar-refractivity contribution in [1.29, 1.82) is 0 Å². The molecule has 2 heterocycles. The average Bonchev–Trinajstić information content (AvgIpc) is 3.02. The van der Waals surface area contributed by atoms with Crippen molar-refractivity contribution in [3.63, 3.8) is 0 Å². The van der Waals surface area contributed by atoms with Crippen molar-refractivity contribution in [2.24, 2.45) is 0 Å². The molecule has 8 heteroatoms. The minimum absolute atomic E-state index is 0.0892. The first-order valence-electron chi connectivity index (χ1n) is 8.19. The van der Waals surface area contributed by atoms with Gasteiger partial charge in [0.05, 0.1) is 12.3 Å². The first-order valence-corrected chi connectivity index (χ1v) is 8.56. The lowest BCUT2D eigenvalue weighted by molar-refractivity contribution is 0.309. The van der Waals surface area contributed by atoms with Crippen LogP contribution in [0.2, 0.25) is 5.02 Å². The Labute approximate surface area is 150 Å². The summed E-state index contributed by atoms with van der Waals surface area (Å²) in [6.07, 6.45) is 2.16. The third-order valence-electron chi connectivity index (χ3n) is 3.76. The van der Waals surface area contributed by atoms with Crippen LogP contribution in [0.3, 0.4) is 0 Å². The predicted molar refractivity (Wildman–Crippen MR) is 97.5 cm³/mol. The van der Waals surface area contributed by atoms with E-state index in [1.165, 1.54) is 4.52 Å². The number of nitrogens with zero attached hydrogens (tertiary/aromatic N) is 3. The second-order valence-electron chi connectivity index (χ2n) is 5.72. The lowest BCUT2D eigenvalue weighted by Gasteiger charge is -2.07. The highest BCUT2D eigenvalue weighted by Gasteiger charge is 2.11. The van der Waals surface area contributed by atoms with Crippen LogP contribution in [0.15, 0.2) is 29.1 Å². The summed E-state index contributed by atoms with van der Waals surface area (Å²) >= 11 is 5.92. The number of aryl methyl sites for hydroxylation is 1. The topological polar surface area (TPSA) is 84.3 Å². The van der Waals surface area contributed by atoms with Gasteiger partial charge in [0.15, 0.2) is 0 Å². The monoisotopic (exact) mass is 361 g/mol. The molecule has 0 atom stereocenters. The summed E-state index contributed by atoms with van der Waals surface area (Å²) in [7, 11) is 0. The summed E-state index contributed by atoms with van der Waals surface area (Å²) in [6.45, 7) is 5.10. The zero-order valence-electron chi connectivity index (χ0n) is 14.2. The summed E-state index contributed by atoms with van der Waals surface area (Å²) in [5.74, 6) is 1.60. The van der Waals surface area contributed by atoms with Gasteiger partial charge in [-0.15, -0.1) is 0 Å². The molecule has 0 amide bonds. The van der Waals surface area contributed by atoms with Gasteiger partial charge in [-0.1, -0.05) is 37.1 Å². The number of rotatable bonds is 7. The number of hydrogen-bond donors (Lipinski definition) is 2. The van der Waals surface area contributed by atoms with Crippen LogP contribution < -0.4 is 15.6 Å². The number of aromatic amines is 1. The molecule has 25 heavy (non-hydrogen) atoms. The van der Waals surface area contributed by atoms with Crippen LogP contribution in [0.5, 0.6) is 5.75 Å². The SMILES string of the molecule is CCCCOc1ccc(CNc2nc3nc(C)c(Cl)c(=O)n3[nH]2)cc1. The molecule has 0 aliphatic heterocycles. The number of aromatic nitrogens is 4. The lowest BCUT2D eigenvalue weighted by Crippen LogP contribution is -2.17. The van der Waals surface area contributed by atoms with Crippen molar-refractivity contribution in [2.45, 2.75) is 33.2 Å². The minimum Gasteiger partial charge on any atom is -0.494 e. The van der Waals surface area contributed by atoms with Gasteiger partial charge in [0, 0.05) is 6.54 Å². The standard InChI is InChI=1S/C17H20ClN5O2/c1-3-4-9-25-13-7-5-12(6-8-13)10-19-16-21-17-20-11(2)14(18)15(24)23(17)22-16/h5-8H,3-4,9-10H2,1-2H3,(H2,19,20,21,22). The summed E-state index contributed by atoms with van der Waals surface area (Å²) in [6, 6.07) is 7.87. The van der Waals surface area contributed by atoms with Crippen LogP contribution in [-0.4, -0.2) is 26.2 Å². The highest BCUT2D eigenvalue weighted by Crippen LogP contribution is 2.14. The molecule has 2 aromatic heterocycles. The molecule has 0 spiro atoms. The van der Waals surface area contributed by atoms with E-state index >= 15 is 0 Å². The van der Waals surface area contributed by atoms with Gasteiger partial charge in [-0.2, -0.15) is 9.50 Å². The number of nitrogens with one attached hydrogen (secondary N) is 2. The molecule has 0 unspecified atom stereocenters. The predicted octanol–water partition coefficient (Wildman–Crippen LogP) is 3.17.